The van der Waals surface area contributed by atoms with Crippen LogP contribution in [-0.2, 0) is 11.8 Å². The Labute approximate surface area is 179 Å². The van der Waals surface area contributed by atoms with Crippen molar-refractivity contribution in [3.05, 3.63) is 64.7 Å². The SMILES string of the molecule is C=C[C@@](C)(CO)NC(=O)C(=O)c1c(C)c(C(=O)Nc2ccc(F)c(C#N)c2)n(C)c1C. The molecule has 9 heteroatoms. The second kappa shape index (κ2) is 8.93. The lowest BCUT2D eigenvalue weighted by molar-refractivity contribution is -0.118. The highest BCUT2D eigenvalue weighted by Gasteiger charge is 2.31. The van der Waals surface area contributed by atoms with Gasteiger partial charge in [0, 0.05) is 18.4 Å². The van der Waals surface area contributed by atoms with E-state index in [2.05, 4.69) is 17.2 Å². The first-order chi connectivity index (χ1) is 14.5. The van der Waals surface area contributed by atoms with Crippen molar-refractivity contribution in [1.82, 2.24) is 9.88 Å². The molecule has 0 aliphatic heterocycles. The summed E-state index contributed by atoms with van der Waals surface area (Å²) in [5.41, 5.74) is -0.328. The summed E-state index contributed by atoms with van der Waals surface area (Å²) in [6, 6.07) is 5.27. The van der Waals surface area contributed by atoms with Gasteiger partial charge >= 0.3 is 0 Å². The Balaban J connectivity index is 2.38. The van der Waals surface area contributed by atoms with Crippen molar-refractivity contribution in [2.45, 2.75) is 26.3 Å². The van der Waals surface area contributed by atoms with Gasteiger partial charge in [-0.3, -0.25) is 14.4 Å². The van der Waals surface area contributed by atoms with E-state index in [9.17, 15) is 23.9 Å². The number of nitrogens with zero attached hydrogens (tertiary/aromatic N) is 2. The van der Waals surface area contributed by atoms with Gasteiger partial charge in [0.15, 0.2) is 0 Å². The van der Waals surface area contributed by atoms with Crippen molar-refractivity contribution in [2.24, 2.45) is 7.05 Å². The third-order valence-electron chi connectivity index (χ3n) is 5.10. The lowest BCUT2D eigenvalue weighted by Gasteiger charge is -2.24. The average molecular weight is 426 g/mol. The number of aliphatic hydroxyl groups excluding tert-OH is 1. The van der Waals surface area contributed by atoms with Gasteiger partial charge in [0.05, 0.1) is 23.3 Å². The number of nitrogens with one attached hydrogen (secondary N) is 2. The van der Waals surface area contributed by atoms with Crippen LogP contribution in [0.1, 0.15) is 44.6 Å². The number of hydrogen-bond acceptors (Lipinski definition) is 5. The summed E-state index contributed by atoms with van der Waals surface area (Å²) in [5, 5.41) is 23.4. The largest absolute Gasteiger partial charge is 0.394 e. The van der Waals surface area contributed by atoms with Gasteiger partial charge in [-0.1, -0.05) is 6.08 Å². The van der Waals surface area contributed by atoms with Crippen molar-refractivity contribution in [2.75, 3.05) is 11.9 Å². The molecule has 8 nitrogen and oxygen atoms in total. The van der Waals surface area contributed by atoms with E-state index >= 15 is 0 Å². The Morgan fingerprint density at radius 1 is 1.35 bits per heavy atom. The molecule has 1 heterocycles. The lowest BCUT2D eigenvalue weighted by atomic mass is 10.0. The van der Waals surface area contributed by atoms with Gasteiger partial charge in [-0.05, 0) is 44.5 Å². The van der Waals surface area contributed by atoms with Crippen LogP contribution < -0.4 is 10.6 Å². The molecule has 0 fully saturated rings. The molecule has 0 saturated heterocycles. The van der Waals surface area contributed by atoms with Crippen LogP contribution in [0.4, 0.5) is 10.1 Å². The fourth-order valence-corrected chi connectivity index (χ4v) is 3.10. The maximum Gasteiger partial charge on any atom is 0.293 e. The maximum absolute atomic E-state index is 13.5. The third-order valence-corrected chi connectivity index (χ3v) is 5.10. The number of Topliss-reactive ketones (excluding diaryl/α,β-unsaturated/α-hetero) is 1. The highest BCUT2D eigenvalue weighted by molar-refractivity contribution is 6.43. The first-order valence-electron chi connectivity index (χ1n) is 9.27. The summed E-state index contributed by atoms with van der Waals surface area (Å²) in [4.78, 5) is 38.1. The second-order valence-electron chi connectivity index (χ2n) is 7.32. The summed E-state index contributed by atoms with van der Waals surface area (Å²) in [5.74, 6) is -3.11. The molecule has 3 N–H and O–H groups in total. The minimum Gasteiger partial charge on any atom is -0.394 e. The van der Waals surface area contributed by atoms with Crippen molar-refractivity contribution < 1.29 is 23.9 Å². The van der Waals surface area contributed by atoms with E-state index in [1.807, 2.05) is 0 Å². The highest BCUT2D eigenvalue weighted by Crippen LogP contribution is 2.24. The van der Waals surface area contributed by atoms with E-state index in [-0.39, 0.29) is 28.1 Å². The molecular formula is C22H23FN4O4. The predicted molar refractivity (Wildman–Crippen MR) is 112 cm³/mol. The zero-order valence-corrected chi connectivity index (χ0v) is 17.7. The van der Waals surface area contributed by atoms with E-state index in [1.165, 1.54) is 36.6 Å². The molecule has 1 atom stereocenters. The molecule has 0 aliphatic carbocycles. The Morgan fingerprint density at radius 2 is 2.00 bits per heavy atom. The fraction of sp³-hybridized carbons (Fsp3) is 0.273. The standard InChI is InChI=1S/C22H23FN4O4/c1-6-22(4,11-28)26-21(31)19(29)17-12(2)18(27(5)13(17)3)20(30)25-15-7-8-16(23)14(9-15)10-24/h6-9,28H,1,11H2,2-5H3,(H,25,30)(H,26,31)/t22-/m0/s1. The number of rotatable bonds is 7. The number of halogens is 1. The van der Waals surface area contributed by atoms with E-state index in [4.69, 9.17) is 5.26 Å². The van der Waals surface area contributed by atoms with E-state index in [1.54, 1.807) is 20.0 Å². The normalized spacial score (nSPS) is 12.4. The number of benzene rings is 1. The number of aliphatic hydroxyl groups is 1. The van der Waals surface area contributed by atoms with Gasteiger partial charge in [0.1, 0.15) is 17.6 Å². The van der Waals surface area contributed by atoms with Gasteiger partial charge in [-0.2, -0.15) is 5.26 Å². The van der Waals surface area contributed by atoms with E-state index in [0.717, 1.165) is 6.07 Å². The van der Waals surface area contributed by atoms with Gasteiger partial charge in [0.25, 0.3) is 17.6 Å². The van der Waals surface area contributed by atoms with Gasteiger partial charge in [-0.15, -0.1) is 6.58 Å². The first-order valence-corrected chi connectivity index (χ1v) is 9.27. The molecule has 0 saturated carbocycles. The van der Waals surface area contributed by atoms with Crippen LogP contribution in [-0.4, -0.2) is 39.4 Å². The molecule has 31 heavy (non-hydrogen) atoms. The molecule has 162 valence electrons. The van der Waals surface area contributed by atoms with Crippen LogP contribution in [0.5, 0.6) is 0 Å². The van der Waals surface area contributed by atoms with Crippen LogP contribution in [0.15, 0.2) is 30.9 Å². The number of aromatic nitrogens is 1. The molecule has 2 rings (SSSR count). The predicted octanol–water partition coefficient (Wildman–Crippen LogP) is 2.14. The van der Waals surface area contributed by atoms with Crippen LogP contribution >= 0.6 is 0 Å². The van der Waals surface area contributed by atoms with Crippen LogP contribution in [0.25, 0.3) is 0 Å². The average Bonchev–Trinajstić information content (AvgIpc) is 2.96. The summed E-state index contributed by atoms with van der Waals surface area (Å²) in [6.07, 6.45) is 1.32. The molecule has 0 unspecified atom stereocenters. The Hall–Kier alpha value is -3.77. The molecule has 2 amide bonds. The second-order valence-corrected chi connectivity index (χ2v) is 7.32. The summed E-state index contributed by atoms with van der Waals surface area (Å²) < 4.78 is 15.0. The third kappa shape index (κ3) is 4.54. The lowest BCUT2D eigenvalue weighted by Crippen LogP contribution is -2.49. The number of hydrogen-bond donors (Lipinski definition) is 3. The molecule has 0 radical (unpaired) electrons. The van der Waals surface area contributed by atoms with Gasteiger partial charge in [-0.25, -0.2) is 4.39 Å². The van der Waals surface area contributed by atoms with E-state index < -0.39 is 35.6 Å². The van der Waals surface area contributed by atoms with Gasteiger partial charge < -0.3 is 20.3 Å². The Bertz CT molecular complexity index is 1130. The maximum atomic E-state index is 13.5. The number of carbonyl (C=O) groups is 3. The number of carbonyl (C=O) groups excluding carboxylic acids is 3. The molecule has 1 aromatic carbocycles. The fourth-order valence-electron chi connectivity index (χ4n) is 3.10. The van der Waals surface area contributed by atoms with Crippen LogP contribution in [0.3, 0.4) is 0 Å². The van der Waals surface area contributed by atoms with Crippen molar-refractivity contribution >= 4 is 23.3 Å². The number of amides is 2. The zero-order chi connectivity index (χ0) is 23.5. The molecule has 2 aromatic rings. The van der Waals surface area contributed by atoms with E-state index in [0.29, 0.717) is 5.69 Å². The van der Waals surface area contributed by atoms with Crippen LogP contribution in [0.2, 0.25) is 0 Å². The molecule has 1 aromatic heterocycles. The Kier molecular flexibility index (Phi) is 6.78. The first kappa shape index (κ1) is 23.5. The zero-order valence-electron chi connectivity index (χ0n) is 17.7. The molecule has 0 spiro atoms. The van der Waals surface area contributed by atoms with Crippen molar-refractivity contribution in [1.29, 1.82) is 5.26 Å². The molecule has 0 bridgehead atoms. The summed E-state index contributed by atoms with van der Waals surface area (Å²) in [7, 11) is 1.57. The number of nitriles is 1. The minimum atomic E-state index is -1.18. The number of ketones is 1. The van der Waals surface area contributed by atoms with Crippen LogP contribution in [0, 0.1) is 31.0 Å². The quantitative estimate of drug-likeness (QED) is 0.355. The summed E-state index contributed by atoms with van der Waals surface area (Å²) in [6.45, 7) is 7.72. The Morgan fingerprint density at radius 3 is 2.55 bits per heavy atom. The van der Waals surface area contributed by atoms with Gasteiger partial charge in [0.2, 0.25) is 0 Å². The monoisotopic (exact) mass is 426 g/mol. The molecular weight excluding hydrogens is 403 g/mol. The highest BCUT2D eigenvalue weighted by atomic mass is 19.1. The smallest absolute Gasteiger partial charge is 0.293 e. The minimum absolute atomic E-state index is 0.0614. The van der Waals surface area contributed by atoms with Crippen molar-refractivity contribution in [3.8, 4) is 6.07 Å². The summed E-state index contributed by atoms with van der Waals surface area (Å²) >= 11 is 0. The topological polar surface area (TPSA) is 124 Å². The van der Waals surface area contributed by atoms with Crippen molar-refractivity contribution in [3.63, 3.8) is 0 Å². The molecule has 0 aliphatic rings. The number of anilines is 1.